The van der Waals surface area contributed by atoms with E-state index in [1.807, 2.05) is 6.92 Å². The molecule has 0 radical (unpaired) electrons. The van der Waals surface area contributed by atoms with E-state index in [1.54, 1.807) is 30.2 Å². The lowest BCUT2D eigenvalue weighted by Gasteiger charge is -2.24. The summed E-state index contributed by atoms with van der Waals surface area (Å²) in [5.74, 6) is 0.657. The van der Waals surface area contributed by atoms with Crippen LogP contribution in [0.2, 0.25) is 5.02 Å². The van der Waals surface area contributed by atoms with Crippen molar-refractivity contribution < 1.29 is 14.3 Å². The first-order chi connectivity index (χ1) is 10.1. The van der Waals surface area contributed by atoms with Crippen LogP contribution in [0.5, 0.6) is 5.75 Å². The van der Waals surface area contributed by atoms with E-state index in [2.05, 4.69) is 5.32 Å². The van der Waals surface area contributed by atoms with Gasteiger partial charge in [-0.1, -0.05) is 11.6 Å². The third kappa shape index (κ3) is 4.25. The van der Waals surface area contributed by atoms with Gasteiger partial charge in [0, 0.05) is 25.8 Å². The maximum atomic E-state index is 12.3. The molecule has 1 fully saturated rings. The fourth-order valence-electron chi connectivity index (χ4n) is 2.31. The number of carbonyl (C=O) groups is 1. The number of carbonyl (C=O) groups excluding carboxylic acids is 1. The summed E-state index contributed by atoms with van der Waals surface area (Å²) in [7, 11) is 1.57. The lowest BCUT2D eigenvalue weighted by Crippen LogP contribution is -2.40. The van der Waals surface area contributed by atoms with Crippen molar-refractivity contribution in [2.45, 2.75) is 25.9 Å². The van der Waals surface area contributed by atoms with Crippen LogP contribution >= 0.6 is 11.6 Å². The smallest absolute Gasteiger partial charge is 0.321 e. The monoisotopic (exact) mass is 312 g/mol. The summed E-state index contributed by atoms with van der Waals surface area (Å²) in [5.41, 5.74) is 0.577. The number of urea groups is 1. The summed E-state index contributed by atoms with van der Waals surface area (Å²) in [6.07, 6.45) is 2.21. The standard InChI is InChI=1S/C15H21ClN2O3/c1-3-18(10-12-5-4-8-21-12)15(19)17-14-7-6-11(20-2)9-13(14)16/h6-7,9,12H,3-5,8,10H2,1-2H3,(H,17,19). The fourth-order valence-corrected chi connectivity index (χ4v) is 2.53. The summed E-state index contributed by atoms with van der Waals surface area (Å²) in [4.78, 5) is 14.0. The van der Waals surface area contributed by atoms with Crippen molar-refractivity contribution in [2.24, 2.45) is 0 Å². The van der Waals surface area contributed by atoms with E-state index in [4.69, 9.17) is 21.1 Å². The molecular formula is C15H21ClN2O3. The molecule has 1 saturated heterocycles. The van der Waals surface area contributed by atoms with Crippen molar-refractivity contribution >= 4 is 23.3 Å². The molecule has 0 saturated carbocycles. The van der Waals surface area contributed by atoms with Gasteiger partial charge in [-0.3, -0.25) is 0 Å². The lowest BCUT2D eigenvalue weighted by molar-refractivity contribution is 0.0849. The Balaban J connectivity index is 1.98. The normalized spacial score (nSPS) is 17.6. The van der Waals surface area contributed by atoms with Gasteiger partial charge in [-0.2, -0.15) is 0 Å². The lowest BCUT2D eigenvalue weighted by atomic mass is 10.2. The molecule has 0 aromatic heterocycles. The molecule has 2 rings (SSSR count). The fraction of sp³-hybridized carbons (Fsp3) is 0.533. The van der Waals surface area contributed by atoms with Crippen LogP contribution in [0.25, 0.3) is 0 Å². The topological polar surface area (TPSA) is 50.8 Å². The minimum atomic E-state index is -0.167. The molecular weight excluding hydrogens is 292 g/mol. The van der Waals surface area contributed by atoms with Crippen LogP contribution in [-0.2, 0) is 4.74 Å². The second-order valence-electron chi connectivity index (χ2n) is 4.95. The van der Waals surface area contributed by atoms with Gasteiger partial charge in [0.1, 0.15) is 5.75 Å². The van der Waals surface area contributed by atoms with Gasteiger partial charge in [-0.05, 0) is 31.9 Å². The molecule has 1 aromatic carbocycles. The summed E-state index contributed by atoms with van der Waals surface area (Å²) < 4.78 is 10.7. The summed E-state index contributed by atoms with van der Waals surface area (Å²) in [6, 6.07) is 5.00. The zero-order chi connectivity index (χ0) is 15.2. The third-order valence-electron chi connectivity index (χ3n) is 3.53. The van der Waals surface area contributed by atoms with E-state index in [9.17, 15) is 4.79 Å². The number of nitrogens with one attached hydrogen (secondary N) is 1. The van der Waals surface area contributed by atoms with Crippen LogP contribution in [0.1, 0.15) is 19.8 Å². The second-order valence-corrected chi connectivity index (χ2v) is 5.36. The Bertz CT molecular complexity index is 490. The van der Waals surface area contributed by atoms with Crippen LogP contribution in [-0.4, -0.2) is 43.8 Å². The average Bonchev–Trinajstić information content (AvgIpc) is 2.99. The zero-order valence-corrected chi connectivity index (χ0v) is 13.2. The maximum Gasteiger partial charge on any atom is 0.321 e. The van der Waals surface area contributed by atoms with E-state index in [1.165, 1.54) is 0 Å². The van der Waals surface area contributed by atoms with Crippen LogP contribution in [0.4, 0.5) is 10.5 Å². The highest BCUT2D eigenvalue weighted by Crippen LogP contribution is 2.27. The van der Waals surface area contributed by atoms with Crippen molar-refractivity contribution in [1.82, 2.24) is 4.90 Å². The number of ether oxygens (including phenoxy) is 2. The van der Waals surface area contributed by atoms with Crippen LogP contribution in [0.15, 0.2) is 18.2 Å². The molecule has 6 heteroatoms. The van der Waals surface area contributed by atoms with Gasteiger partial charge in [0.05, 0.1) is 23.9 Å². The number of halogens is 1. The maximum absolute atomic E-state index is 12.3. The molecule has 5 nitrogen and oxygen atoms in total. The Morgan fingerprint density at radius 2 is 2.38 bits per heavy atom. The first-order valence-corrected chi connectivity index (χ1v) is 7.53. The number of hydrogen-bond donors (Lipinski definition) is 1. The Morgan fingerprint density at radius 1 is 1.57 bits per heavy atom. The van der Waals surface area contributed by atoms with Gasteiger partial charge in [-0.25, -0.2) is 4.79 Å². The largest absolute Gasteiger partial charge is 0.497 e. The van der Waals surface area contributed by atoms with Crippen LogP contribution < -0.4 is 10.1 Å². The highest BCUT2D eigenvalue weighted by Gasteiger charge is 2.22. The average molecular weight is 313 g/mol. The van der Waals surface area contributed by atoms with Crippen LogP contribution in [0.3, 0.4) is 0 Å². The highest BCUT2D eigenvalue weighted by atomic mass is 35.5. The second kappa shape index (κ2) is 7.52. The number of hydrogen-bond acceptors (Lipinski definition) is 3. The molecule has 1 aliphatic rings. The first kappa shape index (κ1) is 15.9. The Morgan fingerprint density at radius 3 is 2.95 bits per heavy atom. The molecule has 0 spiro atoms. The van der Waals surface area contributed by atoms with Gasteiger partial charge in [-0.15, -0.1) is 0 Å². The van der Waals surface area contributed by atoms with E-state index in [0.29, 0.717) is 29.5 Å². The predicted octanol–water partition coefficient (Wildman–Crippen LogP) is 3.38. The van der Waals surface area contributed by atoms with Crippen LogP contribution in [0, 0.1) is 0 Å². The van der Waals surface area contributed by atoms with Crippen molar-refractivity contribution in [3.05, 3.63) is 23.2 Å². The van der Waals surface area contributed by atoms with Gasteiger partial charge >= 0.3 is 6.03 Å². The molecule has 1 unspecified atom stereocenters. The van der Waals surface area contributed by atoms with E-state index in [-0.39, 0.29) is 12.1 Å². The van der Waals surface area contributed by atoms with Gasteiger partial charge in [0.2, 0.25) is 0 Å². The van der Waals surface area contributed by atoms with Gasteiger partial charge in [0.25, 0.3) is 0 Å². The molecule has 116 valence electrons. The summed E-state index contributed by atoms with van der Waals surface area (Å²) in [6.45, 7) is 3.97. The summed E-state index contributed by atoms with van der Waals surface area (Å²) in [5, 5.41) is 3.28. The minimum absolute atomic E-state index is 0.141. The Kier molecular flexibility index (Phi) is 5.70. The molecule has 2 amide bonds. The van der Waals surface area contributed by atoms with Gasteiger partial charge < -0.3 is 19.7 Å². The minimum Gasteiger partial charge on any atom is -0.497 e. The van der Waals surface area contributed by atoms with Crippen molar-refractivity contribution in [3.63, 3.8) is 0 Å². The number of likely N-dealkylation sites (N-methyl/N-ethyl adjacent to an activating group) is 1. The third-order valence-corrected chi connectivity index (χ3v) is 3.85. The molecule has 1 heterocycles. The van der Waals surface area contributed by atoms with E-state index in [0.717, 1.165) is 19.4 Å². The SMILES string of the molecule is CCN(CC1CCCO1)C(=O)Nc1ccc(OC)cc1Cl. The highest BCUT2D eigenvalue weighted by molar-refractivity contribution is 6.33. The zero-order valence-electron chi connectivity index (χ0n) is 12.4. The quantitative estimate of drug-likeness (QED) is 0.906. The first-order valence-electron chi connectivity index (χ1n) is 7.15. The Hall–Kier alpha value is -1.46. The molecule has 21 heavy (non-hydrogen) atoms. The van der Waals surface area contributed by atoms with E-state index >= 15 is 0 Å². The number of benzene rings is 1. The van der Waals surface area contributed by atoms with Crippen molar-refractivity contribution in [3.8, 4) is 5.75 Å². The predicted molar refractivity (Wildman–Crippen MR) is 83.2 cm³/mol. The van der Waals surface area contributed by atoms with Crippen molar-refractivity contribution in [1.29, 1.82) is 0 Å². The Labute approximate surface area is 130 Å². The summed E-state index contributed by atoms with van der Waals surface area (Å²) >= 11 is 6.13. The number of nitrogens with zero attached hydrogens (tertiary/aromatic N) is 1. The number of anilines is 1. The van der Waals surface area contributed by atoms with Crippen molar-refractivity contribution in [2.75, 3.05) is 32.1 Å². The van der Waals surface area contributed by atoms with E-state index < -0.39 is 0 Å². The molecule has 1 atom stereocenters. The molecule has 1 aliphatic heterocycles. The number of rotatable bonds is 5. The van der Waals surface area contributed by atoms with Gasteiger partial charge in [0.15, 0.2) is 0 Å². The number of methoxy groups -OCH3 is 1. The number of amides is 2. The molecule has 0 bridgehead atoms. The molecule has 1 N–H and O–H groups in total. The molecule has 1 aromatic rings. The molecule has 0 aliphatic carbocycles.